The predicted molar refractivity (Wildman–Crippen MR) is 83.6 cm³/mol. The van der Waals surface area contributed by atoms with Crippen LogP contribution in [0.3, 0.4) is 0 Å². The van der Waals surface area contributed by atoms with Crippen LogP contribution in [0.4, 0.5) is 15.0 Å². The number of alkyl carbamates (subject to hydrolysis) is 1. The molecule has 7 heteroatoms. The molecule has 1 N–H and O–H groups in total. The highest BCUT2D eigenvalue weighted by atomic mass is 19.1. The zero-order chi connectivity index (χ0) is 16.6. The second-order valence-corrected chi connectivity index (χ2v) is 7.37. The summed E-state index contributed by atoms with van der Waals surface area (Å²) < 4.78 is 18.6. The molecule has 3 atom stereocenters. The lowest BCUT2D eigenvalue weighted by atomic mass is 9.92. The summed E-state index contributed by atoms with van der Waals surface area (Å²) in [5, 5.41) is 3.03. The molecule has 0 aromatic carbocycles. The van der Waals surface area contributed by atoms with Gasteiger partial charge in [0.2, 0.25) is 5.95 Å². The lowest BCUT2D eigenvalue weighted by molar-refractivity contribution is 0.0472. The second kappa shape index (κ2) is 5.94. The first-order valence-corrected chi connectivity index (χ1v) is 8.04. The summed E-state index contributed by atoms with van der Waals surface area (Å²) in [6.45, 7) is 7.08. The van der Waals surface area contributed by atoms with E-state index in [4.69, 9.17) is 4.74 Å². The average Bonchev–Trinajstić information content (AvgIpc) is 2.68. The van der Waals surface area contributed by atoms with E-state index in [0.717, 1.165) is 25.9 Å². The molecule has 1 saturated carbocycles. The Morgan fingerprint density at radius 1 is 1.30 bits per heavy atom. The monoisotopic (exact) mass is 322 g/mol. The van der Waals surface area contributed by atoms with Crippen molar-refractivity contribution < 1.29 is 13.9 Å². The van der Waals surface area contributed by atoms with Crippen LogP contribution in [-0.2, 0) is 4.74 Å². The molecule has 1 amide bonds. The van der Waals surface area contributed by atoms with Crippen LogP contribution in [0, 0.1) is 17.8 Å². The molecule has 1 saturated heterocycles. The quantitative estimate of drug-likeness (QED) is 0.847. The van der Waals surface area contributed by atoms with Crippen LogP contribution >= 0.6 is 0 Å². The molecular formula is C16H23FN4O2. The maximum Gasteiger partial charge on any atom is 0.407 e. The van der Waals surface area contributed by atoms with Crippen LogP contribution in [0.1, 0.15) is 33.6 Å². The van der Waals surface area contributed by atoms with Gasteiger partial charge in [0.15, 0.2) is 0 Å². The number of carbonyl (C=O) groups is 1. The van der Waals surface area contributed by atoms with Gasteiger partial charge in [-0.25, -0.2) is 14.8 Å². The normalized spacial score (nSPS) is 27.0. The molecule has 0 unspecified atom stereocenters. The summed E-state index contributed by atoms with van der Waals surface area (Å²) >= 11 is 0. The smallest absolute Gasteiger partial charge is 0.407 e. The Balaban J connectivity index is 1.64. The van der Waals surface area contributed by atoms with Gasteiger partial charge in [-0.1, -0.05) is 0 Å². The first-order valence-electron chi connectivity index (χ1n) is 8.04. The maximum absolute atomic E-state index is 13.3. The number of amides is 1. The fourth-order valence-electron chi connectivity index (χ4n) is 3.59. The number of halogens is 1. The van der Waals surface area contributed by atoms with E-state index in [1.165, 1.54) is 12.4 Å². The van der Waals surface area contributed by atoms with Crippen molar-refractivity contribution in [1.82, 2.24) is 15.3 Å². The van der Waals surface area contributed by atoms with Crippen molar-refractivity contribution in [1.29, 1.82) is 0 Å². The molecule has 2 heterocycles. The van der Waals surface area contributed by atoms with Gasteiger partial charge in [-0.15, -0.1) is 0 Å². The van der Waals surface area contributed by atoms with E-state index in [0.29, 0.717) is 17.7 Å². The van der Waals surface area contributed by atoms with Crippen LogP contribution in [0.25, 0.3) is 0 Å². The van der Waals surface area contributed by atoms with Gasteiger partial charge in [0, 0.05) is 25.2 Å². The zero-order valence-electron chi connectivity index (χ0n) is 13.8. The summed E-state index contributed by atoms with van der Waals surface area (Å²) in [6, 6.07) is 1.48. The highest BCUT2D eigenvalue weighted by molar-refractivity contribution is 5.68. The molecular weight excluding hydrogens is 299 g/mol. The highest BCUT2D eigenvalue weighted by Crippen LogP contribution is 2.38. The summed E-state index contributed by atoms with van der Waals surface area (Å²) in [7, 11) is 0. The number of rotatable bonds is 2. The van der Waals surface area contributed by atoms with Gasteiger partial charge < -0.3 is 15.0 Å². The number of hydrogen-bond donors (Lipinski definition) is 1. The van der Waals surface area contributed by atoms with Crippen molar-refractivity contribution in [3.63, 3.8) is 0 Å². The fraction of sp³-hybridized carbons (Fsp3) is 0.688. The van der Waals surface area contributed by atoms with Crippen LogP contribution in [0.5, 0.6) is 0 Å². The van der Waals surface area contributed by atoms with E-state index in [9.17, 15) is 9.18 Å². The molecule has 1 aliphatic carbocycles. The minimum Gasteiger partial charge on any atom is -0.444 e. The van der Waals surface area contributed by atoms with Gasteiger partial charge in [0.05, 0.1) is 0 Å². The van der Waals surface area contributed by atoms with Gasteiger partial charge in [-0.2, -0.15) is 4.39 Å². The Bertz CT molecular complexity index is 576. The van der Waals surface area contributed by atoms with Gasteiger partial charge in [-0.3, -0.25) is 0 Å². The van der Waals surface area contributed by atoms with Gasteiger partial charge in [0.1, 0.15) is 17.7 Å². The molecule has 1 aliphatic heterocycles. The Hall–Kier alpha value is -1.92. The van der Waals surface area contributed by atoms with Crippen molar-refractivity contribution in [3.05, 3.63) is 18.3 Å². The third-order valence-electron chi connectivity index (χ3n) is 4.46. The summed E-state index contributed by atoms with van der Waals surface area (Å²) in [4.78, 5) is 21.8. The Morgan fingerprint density at radius 2 is 1.96 bits per heavy atom. The number of fused-ring (bicyclic) bond motifs is 2. The summed E-state index contributed by atoms with van der Waals surface area (Å²) in [5.41, 5.74) is -0.498. The van der Waals surface area contributed by atoms with E-state index in [2.05, 4.69) is 20.2 Å². The summed E-state index contributed by atoms with van der Waals surface area (Å²) in [6.07, 6.45) is 2.99. The van der Waals surface area contributed by atoms with Crippen LogP contribution in [-0.4, -0.2) is 40.8 Å². The minimum absolute atomic E-state index is 0.118. The van der Waals surface area contributed by atoms with Crippen LogP contribution < -0.4 is 10.2 Å². The van der Waals surface area contributed by atoms with Crippen LogP contribution in [0.2, 0.25) is 0 Å². The largest absolute Gasteiger partial charge is 0.444 e. The molecule has 3 rings (SSSR count). The number of nitrogens with one attached hydrogen (secondary N) is 1. The Kier molecular flexibility index (Phi) is 4.12. The van der Waals surface area contributed by atoms with Gasteiger partial charge in [-0.05, 0) is 45.4 Å². The molecule has 0 spiro atoms. The molecule has 0 radical (unpaired) electrons. The fourth-order valence-corrected chi connectivity index (χ4v) is 3.59. The molecule has 2 fully saturated rings. The molecule has 1 aromatic heterocycles. The molecule has 2 aliphatic rings. The summed E-state index contributed by atoms with van der Waals surface area (Å²) in [5.74, 6) is 0.764. The van der Waals surface area contributed by atoms with Gasteiger partial charge in [0.25, 0.3) is 0 Å². The lowest BCUT2D eigenvalue weighted by Crippen LogP contribution is -2.53. The topological polar surface area (TPSA) is 67.3 Å². The maximum atomic E-state index is 13.3. The van der Waals surface area contributed by atoms with Crippen molar-refractivity contribution in [2.75, 3.05) is 18.0 Å². The second-order valence-electron chi connectivity index (χ2n) is 7.37. The number of aromatic nitrogens is 2. The first kappa shape index (κ1) is 16.0. The SMILES string of the molecule is CC(C)(C)OC(=O)N[C@@H]1[C@@H]2CC[C@H]1CN(c1cc(F)ncn1)C2. The average molecular weight is 322 g/mol. The first-order chi connectivity index (χ1) is 10.8. The molecule has 23 heavy (non-hydrogen) atoms. The number of piperidine rings is 1. The Morgan fingerprint density at radius 3 is 2.52 bits per heavy atom. The molecule has 126 valence electrons. The molecule has 1 aromatic rings. The van der Waals surface area contributed by atoms with E-state index in [1.54, 1.807) is 0 Å². The minimum atomic E-state index is -0.517. The standard InChI is InChI=1S/C16H23FN4O2/c1-16(2,3)23-15(22)20-14-10-4-5-11(14)8-21(7-10)13-6-12(17)18-9-19-13/h6,9-11,14H,4-5,7-8H2,1-3H3,(H,20,22)/t10-,11+,14-. The van der Waals surface area contributed by atoms with Crippen LogP contribution in [0.15, 0.2) is 12.4 Å². The van der Waals surface area contributed by atoms with Gasteiger partial charge >= 0.3 is 6.09 Å². The molecule has 2 bridgehead atoms. The van der Waals surface area contributed by atoms with Crippen molar-refractivity contribution in [2.45, 2.75) is 45.3 Å². The number of ether oxygens (including phenoxy) is 1. The van der Waals surface area contributed by atoms with Crippen molar-refractivity contribution in [2.24, 2.45) is 11.8 Å². The number of carbonyl (C=O) groups excluding carboxylic acids is 1. The van der Waals surface area contributed by atoms with E-state index < -0.39 is 11.5 Å². The lowest BCUT2D eigenvalue weighted by Gasteiger charge is -2.39. The zero-order valence-corrected chi connectivity index (χ0v) is 13.8. The number of hydrogen-bond acceptors (Lipinski definition) is 5. The van der Waals surface area contributed by atoms with Crippen molar-refractivity contribution >= 4 is 11.9 Å². The van der Waals surface area contributed by atoms with Crippen molar-refractivity contribution in [3.8, 4) is 0 Å². The van der Waals surface area contributed by atoms with E-state index >= 15 is 0 Å². The molecule has 6 nitrogen and oxygen atoms in total. The van der Waals surface area contributed by atoms with E-state index in [-0.39, 0.29) is 12.1 Å². The highest BCUT2D eigenvalue weighted by Gasteiger charge is 2.43. The third kappa shape index (κ3) is 3.71. The third-order valence-corrected chi connectivity index (χ3v) is 4.46. The number of nitrogens with zero attached hydrogens (tertiary/aromatic N) is 3. The predicted octanol–water partition coefficient (Wildman–Crippen LogP) is 2.36. The Labute approximate surface area is 135 Å². The number of anilines is 1. The van der Waals surface area contributed by atoms with E-state index in [1.807, 2.05) is 20.8 Å².